The van der Waals surface area contributed by atoms with Crippen molar-refractivity contribution >= 4 is 21.8 Å². The first-order chi connectivity index (χ1) is 7.58. The fraction of sp³-hybridized carbons (Fsp3) is 0.417. The van der Waals surface area contributed by atoms with E-state index in [1.807, 2.05) is 29.2 Å². The molecular weight excluding hydrogens is 268 g/mol. The molecule has 1 saturated heterocycles. The monoisotopic (exact) mass is 282 g/mol. The van der Waals surface area contributed by atoms with Gasteiger partial charge in [-0.05, 0) is 24.1 Å². The van der Waals surface area contributed by atoms with Gasteiger partial charge in [-0.15, -0.1) is 0 Å². The number of amides is 1. The van der Waals surface area contributed by atoms with E-state index in [0.717, 1.165) is 16.6 Å². The number of halogens is 1. The second kappa shape index (κ2) is 4.55. The summed E-state index contributed by atoms with van der Waals surface area (Å²) in [4.78, 5) is 14.0. The molecule has 0 aromatic heterocycles. The third kappa shape index (κ3) is 2.28. The van der Waals surface area contributed by atoms with Gasteiger partial charge in [0.05, 0.1) is 0 Å². The molecule has 1 fully saturated rings. The molecule has 0 aliphatic carbocycles. The molecule has 2 unspecified atom stereocenters. The average molecular weight is 283 g/mol. The Balaban J connectivity index is 2.14. The summed E-state index contributed by atoms with van der Waals surface area (Å²) in [6.45, 7) is 3.50. The predicted molar refractivity (Wildman–Crippen MR) is 67.2 cm³/mol. The minimum Gasteiger partial charge on any atom is -0.337 e. The van der Waals surface area contributed by atoms with Crippen molar-refractivity contribution in [3.63, 3.8) is 0 Å². The molecule has 86 valence electrons. The Hall–Kier alpha value is -0.870. The van der Waals surface area contributed by atoms with Gasteiger partial charge in [-0.1, -0.05) is 28.9 Å². The number of nitrogens with zero attached hydrogens (tertiary/aromatic N) is 1. The standard InChI is InChI=1S/C12H15BrN2O/c1-8-6-15(7-11(8)14)12(16)9-3-2-4-10(13)5-9/h2-5,8,11H,6-7,14H2,1H3. The fourth-order valence-electron chi connectivity index (χ4n) is 1.96. The van der Waals surface area contributed by atoms with E-state index in [1.165, 1.54) is 0 Å². The third-order valence-corrected chi connectivity index (χ3v) is 3.52. The van der Waals surface area contributed by atoms with Crippen LogP contribution in [-0.2, 0) is 0 Å². The maximum Gasteiger partial charge on any atom is 0.253 e. The minimum absolute atomic E-state index is 0.0705. The van der Waals surface area contributed by atoms with Gasteiger partial charge in [0.15, 0.2) is 0 Å². The fourth-order valence-corrected chi connectivity index (χ4v) is 2.36. The molecule has 1 amide bonds. The summed E-state index contributed by atoms with van der Waals surface area (Å²) in [6.07, 6.45) is 0. The molecule has 4 heteroatoms. The van der Waals surface area contributed by atoms with Gasteiger partial charge in [0.2, 0.25) is 0 Å². The van der Waals surface area contributed by atoms with Crippen molar-refractivity contribution in [3.8, 4) is 0 Å². The molecular formula is C12H15BrN2O. The molecule has 16 heavy (non-hydrogen) atoms. The van der Waals surface area contributed by atoms with E-state index in [0.29, 0.717) is 12.5 Å². The molecule has 0 radical (unpaired) electrons. The van der Waals surface area contributed by atoms with Gasteiger partial charge in [-0.3, -0.25) is 4.79 Å². The van der Waals surface area contributed by atoms with Gasteiger partial charge in [0.1, 0.15) is 0 Å². The molecule has 2 rings (SSSR count). The van der Waals surface area contributed by atoms with Crippen LogP contribution in [0.15, 0.2) is 28.7 Å². The lowest BCUT2D eigenvalue weighted by Crippen LogP contribution is -2.32. The van der Waals surface area contributed by atoms with Crippen LogP contribution in [0.2, 0.25) is 0 Å². The van der Waals surface area contributed by atoms with Crippen LogP contribution in [0.25, 0.3) is 0 Å². The molecule has 0 saturated carbocycles. The summed E-state index contributed by atoms with van der Waals surface area (Å²) in [5, 5.41) is 0. The number of rotatable bonds is 1. The summed E-state index contributed by atoms with van der Waals surface area (Å²) >= 11 is 3.37. The summed E-state index contributed by atoms with van der Waals surface area (Å²) in [7, 11) is 0. The van der Waals surface area contributed by atoms with Crippen LogP contribution in [0.5, 0.6) is 0 Å². The van der Waals surface area contributed by atoms with Crippen LogP contribution in [0.1, 0.15) is 17.3 Å². The Bertz CT molecular complexity index is 398. The van der Waals surface area contributed by atoms with Crippen LogP contribution in [0.4, 0.5) is 0 Å². The Kier molecular flexibility index (Phi) is 3.30. The van der Waals surface area contributed by atoms with Crippen molar-refractivity contribution in [2.75, 3.05) is 13.1 Å². The van der Waals surface area contributed by atoms with Gasteiger partial charge >= 0.3 is 0 Å². The highest BCUT2D eigenvalue weighted by molar-refractivity contribution is 9.10. The number of likely N-dealkylation sites (tertiary alicyclic amines) is 1. The lowest BCUT2D eigenvalue weighted by atomic mass is 10.1. The highest BCUT2D eigenvalue weighted by Crippen LogP contribution is 2.19. The highest BCUT2D eigenvalue weighted by atomic mass is 79.9. The molecule has 2 N–H and O–H groups in total. The van der Waals surface area contributed by atoms with Gasteiger partial charge in [0.25, 0.3) is 5.91 Å². The molecule has 0 spiro atoms. The van der Waals surface area contributed by atoms with E-state index >= 15 is 0 Å². The second-order valence-electron chi connectivity index (χ2n) is 4.36. The molecule has 3 nitrogen and oxygen atoms in total. The zero-order valence-corrected chi connectivity index (χ0v) is 10.8. The van der Waals surface area contributed by atoms with Crippen LogP contribution in [-0.4, -0.2) is 29.9 Å². The normalized spacial score (nSPS) is 24.8. The first-order valence-corrected chi connectivity index (χ1v) is 6.17. The van der Waals surface area contributed by atoms with Crippen molar-refractivity contribution in [2.24, 2.45) is 11.7 Å². The molecule has 1 aromatic rings. The summed E-state index contributed by atoms with van der Waals surface area (Å²) in [6, 6.07) is 7.57. The summed E-state index contributed by atoms with van der Waals surface area (Å²) in [5.74, 6) is 0.456. The Morgan fingerprint density at radius 2 is 2.25 bits per heavy atom. The zero-order valence-electron chi connectivity index (χ0n) is 9.19. The van der Waals surface area contributed by atoms with Crippen molar-refractivity contribution in [3.05, 3.63) is 34.3 Å². The average Bonchev–Trinajstić information content (AvgIpc) is 2.58. The van der Waals surface area contributed by atoms with Crippen molar-refractivity contribution < 1.29 is 4.79 Å². The smallest absolute Gasteiger partial charge is 0.253 e. The van der Waals surface area contributed by atoms with E-state index in [1.54, 1.807) is 0 Å². The van der Waals surface area contributed by atoms with Crippen LogP contribution in [0, 0.1) is 5.92 Å². The van der Waals surface area contributed by atoms with Crippen molar-refractivity contribution in [1.82, 2.24) is 4.90 Å². The van der Waals surface area contributed by atoms with Gasteiger partial charge in [-0.2, -0.15) is 0 Å². The van der Waals surface area contributed by atoms with Crippen LogP contribution in [0.3, 0.4) is 0 Å². The highest BCUT2D eigenvalue weighted by Gasteiger charge is 2.30. The zero-order chi connectivity index (χ0) is 11.7. The maximum atomic E-state index is 12.1. The first-order valence-electron chi connectivity index (χ1n) is 5.38. The maximum absolute atomic E-state index is 12.1. The largest absolute Gasteiger partial charge is 0.337 e. The van der Waals surface area contributed by atoms with Gasteiger partial charge in [-0.25, -0.2) is 0 Å². The molecule has 1 aliphatic rings. The quantitative estimate of drug-likeness (QED) is 0.855. The van der Waals surface area contributed by atoms with E-state index in [-0.39, 0.29) is 11.9 Å². The number of carbonyl (C=O) groups excluding carboxylic acids is 1. The Labute approximate surface area is 104 Å². The van der Waals surface area contributed by atoms with Gasteiger partial charge in [0, 0.05) is 29.2 Å². The lowest BCUT2D eigenvalue weighted by Gasteiger charge is -2.15. The number of hydrogen-bond donors (Lipinski definition) is 1. The van der Waals surface area contributed by atoms with Gasteiger partial charge < -0.3 is 10.6 Å². The summed E-state index contributed by atoms with van der Waals surface area (Å²) in [5.41, 5.74) is 6.63. The summed E-state index contributed by atoms with van der Waals surface area (Å²) < 4.78 is 0.926. The van der Waals surface area contributed by atoms with Crippen molar-refractivity contribution in [1.29, 1.82) is 0 Å². The lowest BCUT2D eigenvalue weighted by molar-refractivity contribution is 0.0787. The molecule has 1 aliphatic heterocycles. The third-order valence-electron chi connectivity index (χ3n) is 3.03. The molecule has 0 bridgehead atoms. The topological polar surface area (TPSA) is 46.3 Å². The number of hydrogen-bond acceptors (Lipinski definition) is 2. The first kappa shape index (κ1) is 11.6. The van der Waals surface area contributed by atoms with E-state index in [4.69, 9.17) is 5.73 Å². The minimum atomic E-state index is 0.0705. The number of benzene rings is 1. The SMILES string of the molecule is CC1CN(C(=O)c2cccc(Br)c2)CC1N. The number of nitrogens with two attached hydrogens (primary N) is 1. The second-order valence-corrected chi connectivity index (χ2v) is 5.28. The Morgan fingerprint density at radius 1 is 1.50 bits per heavy atom. The predicted octanol–water partition coefficient (Wildman–Crippen LogP) is 1.87. The van der Waals surface area contributed by atoms with Crippen LogP contribution >= 0.6 is 15.9 Å². The Morgan fingerprint density at radius 3 is 2.81 bits per heavy atom. The molecule has 1 heterocycles. The number of carbonyl (C=O) groups is 1. The van der Waals surface area contributed by atoms with E-state index < -0.39 is 0 Å². The van der Waals surface area contributed by atoms with Crippen molar-refractivity contribution in [2.45, 2.75) is 13.0 Å². The van der Waals surface area contributed by atoms with E-state index in [9.17, 15) is 4.79 Å². The molecule has 2 atom stereocenters. The molecule has 1 aromatic carbocycles. The van der Waals surface area contributed by atoms with E-state index in [2.05, 4.69) is 22.9 Å². The van der Waals surface area contributed by atoms with Crippen LogP contribution < -0.4 is 5.73 Å².